The number of carboxylic acid groups (broad SMARTS) is 1. The number of nitrogens with one attached hydrogen (secondary N) is 1. The summed E-state index contributed by atoms with van der Waals surface area (Å²) >= 11 is 0. The van der Waals surface area contributed by atoms with Gasteiger partial charge in [-0.3, -0.25) is 9.59 Å². The maximum Gasteiger partial charge on any atom is 0.312 e. The van der Waals surface area contributed by atoms with E-state index in [2.05, 4.69) is 5.32 Å². The summed E-state index contributed by atoms with van der Waals surface area (Å²) in [4.78, 5) is 35.4. The van der Waals surface area contributed by atoms with Crippen molar-refractivity contribution in [1.82, 2.24) is 10.2 Å². The molecule has 7 nitrogen and oxygen atoms in total. The summed E-state index contributed by atoms with van der Waals surface area (Å²) in [5.41, 5.74) is 5.06. The number of likely N-dealkylation sites (tertiary alicyclic amines) is 1. The van der Waals surface area contributed by atoms with Gasteiger partial charge in [0.15, 0.2) is 0 Å². The van der Waals surface area contributed by atoms with Crippen LogP contribution in [0.2, 0.25) is 0 Å². The van der Waals surface area contributed by atoms with E-state index in [1.165, 1.54) is 0 Å². The third-order valence-corrected chi connectivity index (χ3v) is 3.29. The zero-order chi connectivity index (χ0) is 14.6. The fourth-order valence-electron chi connectivity index (χ4n) is 2.31. The number of carbonyl (C=O) groups excluding carboxylic acids is 2. The first-order chi connectivity index (χ1) is 8.81. The van der Waals surface area contributed by atoms with Crippen molar-refractivity contribution in [3.05, 3.63) is 0 Å². The van der Waals surface area contributed by atoms with E-state index in [-0.39, 0.29) is 24.2 Å². The second-order valence-corrected chi connectivity index (χ2v) is 5.27. The molecule has 0 aromatic rings. The molecule has 0 saturated carbocycles. The van der Waals surface area contributed by atoms with Crippen molar-refractivity contribution in [2.24, 2.45) is 17.6 Å². The predicted molar refractivity (Wildman–Crippen MR) is 68.3 cm³/mol. The summed E-state index contributed by atoms with van der Waals surface area (Å²) in [6.07, 6.45) is 0.749. The molecule has 1 aliphatic rings. The Balaban J connectivity index is 2.61. The van der Waals surface area contributed by atoms with Crippen LogP contribution in [0.15, 0.2) is 0 Å². The van der Waals surface area contributed by atoms with E-state index in [1.54, 1.807) is 4.90 Å². The molecule has 2 atom stereocenters. The minimum Gasteiger partial charge on any atom is -0.481 e. The largest absolute Gasteiger partial charge is 0.481 e. The van der Waals surface area contributed by atoms with Crippen molar-refractivity contribution in [2.45, 2.75) is 32.7 Å². The SMILES string of the molecule is CC(C)C(NC(N)=O)C(=O)N1CCC(CC(=O)O)C1. The standard InChI is InChI=1S/C12H21N3O4/c1-7(2)10(14-12(13)19)11(18)15-4-3-8(6-15)5-9(16)17/h7-8,10H,3-6H2,1-2H3,(H,16,17)(H3,13,14,19). The second kappa shape index (κ2) is 6.40. The van der Waals surface area contributed by atoms with Crippen LogP contribution in [-0.4, -0.2) is 47.0 Å². The number of hydrogen-bond donors (Lipinski definition) is 3. The van der Waals surface area contributed by atoms with Crippen LogP contribution in [0.5, 0.6) is 0 Å². The lowest BCUT2D eigenvalue weighted by Gasteiger charge is -2.26. The average molecular weight is 271 g/mol. The van der Waals surface area contributed by atoms with Gasteiger partial charge in [0.2, 0.25) is 5.91 Å². The summed E-state index contributed by atoms with van der Waals surface area (Å²) in [5.74, 6) is -1.13. The van der Waals surface area contributed by atoms with Gasteiger partial charge in [0.25, 0.3) is 0 Å². The van der Waals surface area contributed by atoms with Gasteiger partial charge in [0, 0.05) is 19.5 Å². The molecule has 1 heterocycles. The highest BCUT2D eigenvalue weighted by Crippen LogP contribution is 2.21. The maximum absolute atomic E-state index is 12.3. The van der Waals surface area contributed by atoms with Crippen molar-refractivity contribution < 1.29 is 19.5 Å². The lowest BCUT2D eigenvalue weighted by molar-refractivity contribution is -0.138. The number of nitrogens with zero attached hydrogens (tertiary/aromatic N) is 1. The number of carbonyl (C=O) groups is 3. The van der Waals surface area contributed by atoms with Crippen LogP contribution >= 0.6 is 0 Å². The Bertz CT molecular complexity index is 370. The molecule has 0 aromatic carbocycles. The zero-order valence-electron chi connectivity index (χ0n) is 11.3. The summed E-state index contributed by atoms with van der Waals surface area (Å²) in [7, 11) is 0. The van der Waals surface area contributed by atoms with Crippen molar-refractivity contribution in [3.8, 4) is 0 Å². The third kappa shape index (κ3) is 4.42. The van der Waals surface area contributed by atoms with E-state index in [1.807, 2.05) is 13.8 Å². The predicted octanol–water partition coefficient (Wildman–Crippen LogP) is 0.00250. The highest BCUT2D eigenvalue weighted by molar-refractivity contribution is 5.87. The van der Waals surface area contributed by atoms with Crippen molar-refractivity contribution >= 4 is 17.9 Å². The maximum atomic E-state index is 12.3. The number of amides is 3. The molecule has 108 valence electrons. The molecular weight excluding hydrogens is 250 g/mol. The molecule has 1 aliphatic heterocycles. The smallest absolute Gasteiger partial charge is 0.312 e. The summed E-state index contributed by atoms with van der Waals surface area (Å²) in [5, 5.41) is 11.2. The van der Waals surface area contributed by atoms with E-state index in [4.69, 9.17) is 10.8 Å². The van der Waals surface area contributed by atoms with E-state index >= 15 is 0 Å². The molecule has 0 bridgehead atoms. The van der Waals surface area contributed by atoms with E-state index < -0.39 is 18.0 Å². The van der Waals surface area contributed by atoms with Crippen LogP contribution in [0.4, 0.5) is 4.79 Å². The highest BCUT2D eigenvalue weighted by atomic mass is 16.4. The van der Waals surface area contributed by atoms with Gasteiger partial charge in [-0.05, 0) is 18.3 Å². The Morgan fingerprint density at radius 3 is 2.53 bits per heavy atom. The molecule has 19 heavy (non-hydrogen) atoms. The molecule has 7 heteroatoms. The number of primary amides is 1. The minimum atomic E-state index is -0.852. The van der Waals surface area contributed by atoms with Crippen molar-refractivity contribution in [3.63, 3.8) is 0 Å². The molecule has 3 amide bonds. The lowest BCUT2D eigenvalue weighted by Crippen LogP contribution is -2.52. The van der Waals surface area contributed by atoms with Crippen LogP contribution in [-0.2, 0) is 9.59 Å². The average Bonchev–Trinajstić information content (AvgIpc) is 2.71. The van der Waals surface area contributed by atoms with Gasteiger partial charge >= 0.3 is 12.0 Å². The first-order valence-corrected chi connectivity index (χ1v) is 6.37. The second-order valence-electron chi connectivity index (χ2n) is 5.27. The molecule has 2 unspecified atom stereocenters. The van der Waals surface area contributed by atoms with E-state index in [9.17, 15) is 14.4 Å². The van der Waals surface area contributed by atoms with Crippen LogP contribution < -0.4 is 11.1 Å². The Morgan fingerprint density at radius 2 is 2.05 bits per heavy atom. The number of rotatable bonds is 5. The van der Waals surface area contributed by atoms with Crippen molar-refractivity contribution in [1.29, 1.82) is 0 Å². The van der Waals surface area contributed by atoms with Gasteiger partial charge in [-0.25, -0.2) is 4.79 Å². The van der Waals surface area contributed by atoms with Crippen LogP contribution in [0.3, 0.4) is 0 Å². The molecule has 0 aliphatic carbocycles. The van der Waals surface area contributed by atoms with Crippen LogP contribution in [0, 0.1) is 11.8 Å². The molecule has 4 N–H and O–H groups in total. The van der Waals surface area contributed by atoms with Gasteiger partial charge in [0.05, 0.1) is 0 Å². The monoisotopic (exact) mass is 271 g/mol. The van der Waals surface area contributed by atoms with Gasteiger partial charge in [0.1, 0.15) is 6.04 Å². The molecule has 0 spiro atoms. The van der Waals surface area contributed by atoms with Gasteiger partial charge in [-0.1, -0.05) is 13.8 Å². The van der Waals surface area contributed by atoms with Gasteiger partial charge < -0.3 is 21.1 Å². The Labute approximate surface area is 112 Å². The number of urea groups is 1. The Hall–Kier alpha value is -1.79. The number of hydrogen-bond acceptors (Lipinski definition) is 3. The number of aliphatic carboxylic acids is 1. The Morgan fingerprint density at radius 1 is 1.42 bits per heavy atom. The molecular formula is C12H21N3O4. The van der Waals surface area contributed by atoms with Crippen LogP contribution in [0.25, 0.3) is 0 Å². The molecule has 1 fully saturated rings. The molecule has 0 aromatic heterocycles. The number of carboxylic acids is 1. The fraction of sp³-hybridized carbons (Fsp3) is 0.750. The zero-order valence-corrected chi connectivity index (χ0v) is 11.3. The first-order valence-electron chi connectivity index (χ1n) is 6.37. The van der Waals surface area contributed by atoms with E-state index in [0.29, 0.717) is 19.5 Å². The van der Waals surface area contributed by atoms with E-state index in [0.717, 1.165) is 0 Å². The molecule has 0 radical (unpaired) electrons. The summed E-state index contributed by atoms with van der Waals surface area (Å²) in [6, 6.07) is -1.38. The normalized spacial score (nSPS) is 20.4. The van der Waals surface area contributed by atoms with Gasteiger partial charge in [-0.15, -0.1) is 0 Å². The van der Waals surface area contributed by atoms with Crippen LogP contribution in [0.1, 0.15) is 26.7 Å². The third-order valence-electron chi connectivity index (χ3n) is 3.29. The van der Waals surface area contributed by atoms with Crippen molar-refractivity contribution in [2.75, 3.05) is 13.1 Å². The number of nitrogens with two attached hydrogens (primary N) is 1. The molecule has 1 rings (SSSR count). The lowest BCUT2D eigenvalue weighted by atomic mass is 10.0. The quantitative estimate of drug-likeness (QED) is 0.653. The summed E-state index contributed by atoms with van der Waals surface area (Å²) in [6.45, 7) is 4.60. The topological polar surface area (TPSA) is 113 Å². The highest BCUT2D eigenvalue weighted by Gasteiger charge is 2.33. The fourth-order valence-corrected chi connectivity index (χ4v) is 2.31. The Kier molecular flexibility index (Phi) is 5.14. The molecule has 1 saturated heterocycles. The van der Waals surface area contributed by atoms with Gasteiger partial charge in [-0.2, -0.15) is 0 Å². The first kappa shape index (κ1) is 15.3. The summed E-state index contributed by atoms with van der Waals surface area (Å²) < 4.78 is 0. The minimum absolute atomic E-state index is 0.0113.